The Morgan fingerprint density at radius 3 is 2.48 bits per heavy atom. The highest BCUT2D eigenvalue weighted by Gasteiger charge is 2.22. The minimum Gasteiger partial charge on any atom is -0.368 e. The molecule has 6 nitrogen and oxygen atoms in total. The van der Waals surface area contributed by atoms with Gasteiger partial charge < -0.3 is 9.80 Å². The molecule has 1 aliphatic rings. The maximum absolute atomic E-state index is 12.5. The molecule has 0 spiro atoms. The Balaban J connectivity index is 1.60. The highest BCUT2D eigenvalue weighted by molar-refractivity contribution is 6.31. The average Bonchev–Trinajstić information content (AvgIpc) is 2.64. The summed E-state index contributed by atoms with van der Waals surface area (Å²) in [6.45, 7) is 2.48. The molecule has 1 amide bonds. The largest absolute Gasteiger partial charge is 0.368 e. The number of rotatable bonds is 4. The number of benzene rings is 2. The second-order valence-electron chi connectivity index (χ2n) is 5.91. The van der Waals surface area contributed by atoms with E-state index in [0.29, 0.717) is 31.2 Å². The molecular weight excluding hydrogens is 342 g/mol. The van der Waals surface area contributed by atoms with Gasteiger partial charge in [-0.25, -0.2) is 0 Å². The van der Waals surface area contributed by atoms with Gasteiger partial charge in [-0.3, -0.25) is 14.9 Å². The van der Waals surface area contributed by atoms with E-state index in [4.69, 9.17) is 11.6 Å². The molecule has 1 aliphatic heterocycles. The summed E-state index contributed by atoms with van der Waals surface area (Å²) in [7, 11) is 0. The SMILES string of the molecule is O=C(Cc1ccccc1Cl)N1CCN(c2cccc([N+](=O)[O-])c2)CC1. The van der Waals surface area contributed by atoms with Crippen LogP contribution in [0.15, 0.2) is 48.5 Å². The highest BCUT2D eigenvalue weighted by atomic mass is 35.5. The first-order chi connectivity index (χ1) is 12.0. The molecule has 1 heterocycles. The maximum Gasteiger partial charge on any atom is 0.271 e. The van der Waals surface area contributed by atoms with E-state index >= 15 is 0 Å². The molecule has 0 unspecified atom stereocenters. The highest BCUT2D eigenvalue weighted by Crippen LogP contribution is 2.23. The fraction of sp³-hybridized carbons (Fsp3) is 0.278. The maximum atomic E-state index is 12.5. The summed E-state index contributed by atoms with van der Waals surface area (Å²) >= 11 is 6.12. The normalized spacial score (nSPS) is 14.4. The number of hydrogen-bond donors (Lipinski definition) is 0. The van der Waals surface area contributed by atoms with E-state index in [1.165, 1.54) is 6.07 Å². The molecule has 0 radical (unpaired) electrons. The number of hydrogen-bond acceptors (Lipinski definition) is 4. The molecule has 0 bridgehead atoms. The topological polar surface area (TPSA) is 66.7 Å². The lowest BCUT2D eigenvalue weighted by Crippen LogP contribution is -2.49. The third-order valence-electron chi connectivity index (χ3n) is 4.34. The summed E-state index contributed by atoms with van der Waals surface area (Å²) < 4.78 is 0. The zero-order chi connectivity index (χ0) is 17.8. The quantitative estimate of drug-likeness (QED) is 0.621. The van der Waals surface area contributed by atoms with Gasteiger partial charge in [0.25, 0.3) is 5.69 Å². The van der Waals surface area contributed by atoms with E-state index in [2.05, 4.69) is 4.90 Å². The number of nitro groups is 1. The molecule has 2 aromatic rings. The lowest BCUT2D eigenvalue weighted by molar-refractivity contribution is -0.384. The van der Waals surface area contributed by atoms with Crippen LogP contribution in [0.3, 0.4) is 0 Å². The van der Waals surface area contributed by atoms with Crippen molar-refractivity contribution < 1.29 is 9.72 Å². The van der Waals surface area contributed by atoms with Crippen LogP contribution in [0.5, 0.6) is 0 Å². The average molecular weight is 360 g/mol. The number of amides is 1. The molecule has 0 aliphatic carbocycles. The Bertz CT molecular complexity index is 789. The predicted octanol–water partition coefficient (Wildman–Crippen LogP) is 3.14. The van der Waals surface area contributed by atoms with E-state index < -0.39 is 4.92 Å². The summed E-state index contributed by atoms with van der Waals surface area (Å²) in [4.78, 5) is 26.9. The van der Waals surface area contributed by atoms with Crippen molar-refractivity contribution in [1.82, 2.24) is 4.90 Å². The number of non-ortho nitro benzene ring substituents is 1. The molecule has 2 aromatic carbocycles. The molecule has 0 aromatic heterocycles. The monoisotopic (exact) mass is 359 g/mol. The van der Waals surface area contributed by atoms with Gasteiger partial charge in [0, 0.05) is 49.0 Å². The summed E-state index contributed by atoms with van der Waals surface area (Å²) in [5.41, 5.74) is 1.72. The number of nitrogens with zero attached hydrogens (tertiary/aromatic N) is 3. The van der Waals surface area contributed by atoms with E-state index in [-0.39, 0.29) is 18.0 Å². The molecule has 0 N–H and O–H groups in total. The second-order valence-corrected chi connectivity index (χ2v) is 6.32. The first-order valence-corrected chi connectivity index (χ1v) is 8.43. The first-order valence-electron chi connectivity index (χ1n) is 8.05. The molecule has 0 atom stereocenters. The number of piperazine rings is 1. The van der Waals surface area contributed by atoms with Crippen molar-refractivity contribution in [2.75, 3.05) is 31.1 Å². The number of nitro benzene ring substituents is 1. The Kier molecular flexibility index (Phi) is 5.19. The molecule has 3 rings (SSSR count). The van der Waals surface area contributed by atoms with E-state index in [1.807, 2.05) is 29.2 Å². The van der Waals surface area contributed by atoms with Crippen molar-refractivity contribution in [2.24, 2.45) is 0 Å². The van der Waals surface area contributed by atoms with Crippen molar-refractivity contribution in [3.8, 4) is 0 Å². The van der Waals surface area contributed by atoms with Gasteiger partial charge in [0.15, 0.2) is 0 Å². The Labute approximate surface area is 150 Å². The first kappa shape index (κ1) is 17.2. The standard InChI is InChI=1S/C18H18ClN3O3/c19-17-7-2-1-4-14(17)12-18(23)21-10-8-20(9-11-21)15-5-3-6-16(13-15)22(24)25/h1-7,13H,8-12H2. The van der Waals surface area contributed by atoms with E-state index in [0.717, 1.165) is 11.3 Å². The van der Waals surface area contributed by atoms with Crippen molar-refractivity contribution >= 4 is 28.9 Å². The van der Waals surface area contributed by atoms with Crippen molar-refractivity contribution in [3.05, 3.63) is 69.2 Å². The smallest absolute Gasteiger partial charge is 0.271 e. The van der Waals surface area contributed by atoms with Crippen LogP contribution in [0, 0.1) is 10.1 Å². The van der Waals surface area contributed by atoms with Gasteiger partial charge in [-0.05, 0) is 17.7 Å². The third-order valence-corrected chi connectivity index (χ3v) is 4.71. The van der Waals surface area contributed by atoms with Gasteiger partial charge >= 0.3 is 0 Å². The number of halogens is 1. The van der Waals surface area contributed by atoms with Crippen LogP contribution in [-0.2, 0) is 11.2 Å². The molecule has 1 saturated heterocycles. The minimum atomic E-state index is -0.396. The minimum absolute atomic E-state index is 0.0480. The summed E-state index contributed by atoms with van der Waals surface area (Å²) in [5.74, 6) is 0.0480. The molecular formula is C18H18ClN3O3. The molecule has 1 fully saturated rings. The van der Waals surface area contributed by atoms with E-state index in [9.17, 15) is 14.9 Å². The fourth-order valence-electron chi connectivity index (χ4n) is 2.93. The summed E-state index contributed by atoms with van der Waals surface area (Å²) in [5, 5.41) is 11.5. The number of carbonyl (C=O) groups is 1. The Hall–Kier alpha value is -2.60. The van der Waals surface area contributed by atoms with Crippen LogP contribution in [0.25, 0.3) is 0 Å². The van der Waals surface area contributed by atoms with Crippen molar-refractivity contribution in [1.29, 1.82) is 0 Å². The van der Waals surface area contributed by atoms with Gasteiger partial charge in [0.2, 0.25) is 5.91 Å². The number of anilines is 1. The van der Waals surface area contributed by atoms with Crippen molar-refractivity contribution in [3.63, 3.8) is 0 Å². The van der Waals surface area contributed by atoms with Gasteiger partial charge in [-0.15, -0.1) is 0 Å². The van der Waals surface area contributed by atoms with Gasteiger partial charge in [-0.1, -0.05) is 35.9 Å². The number of carbonyl (C=O) groups excluding carboxylic acids is 1. The van der Waals surface area contributed by atoms with Crippen LogP contribution in [0.1, 0.15) is 5.56 Å². The zero-order valence-corrected chi connectivity index (χ0v) is 14.4. The lowest BCUT2D eigenvalue weighted by atomic mass is 10.1. The van der Waals surface area contributed by atoms with Crippen LogP contribution >= 0.6 is 11.6 Å². The van der Waals surface area contributed by atoms with Crippen LogP contribution in [-0.4, -0.2) is 41.9 Å². The Morgan fingerprint density at radius 2 is 1.80 bits per heavy atom. The van der Waals surface area contributed by atoms with Gasteiger partial charge in [0.05, 0.1) is 11.3 Å². The fourth-order valence-corrected chi connectivity index (χ4v) is 3.14. The van der Waals surface area contributed by atoms with Crippen LogP contribution in [0.2, 0.25) is 5.02 Å². The van der Waals surface area contributed by atoms with E-state index in [1.54, 1.807) is 18.2 Å². The molecule has 130 valence electrons. The molecule has 7 heteroatoms. The van der Waals surface area contributed by atoms with Gasteiger partial charge in [-0.2, -0.15) is 0 Å². The molecule has 25 heavy (non-hydrogen) atoms. The van der Waals surface area contributed by atoms with Crippen molar-refractivity contribution in [2.45, 2.75) is 6.42 Å². The molecule has 0 saturated carbocycles. The Morgan fingerprint density at radius 1 is 1.08 bits per heavy atom. The third kappa shape index (κ3) is 4.09. The second kappa shape index (κ2) is 7.53. The summed E-state index contributed by atoms with van der Waals surface area (Å²) in [6.07, 6.45) is 0.288. The predicted molar refractivity (Wildman–Crippen MR) is 97.0 cm³/mol. The summed E-state index contributed by atoms with van der Waals surface area (Å²) in [6, 6.07) is 13.9. The zero-order valence-electron chi connectivity index (χ0n) is 13.6. The van der Waals surface area contributed by atoms with Crippen LogP contribution < -0.4 is 4.90 Å². The lowest BCUT2D eigenvalue weighted by Gasteiger charge is -2.36. The van der Waals surface area contributed by atoms with Crippen LogP contribution in [0.4, 0.5) is 11.4 Å². The van der Waals surface area contributed by atoms with Gasteiger partial charge in [0.1, 0.15) is 0 Å².